The van der Waals surface area contributed by atoms with Gasteiger partial charge in [-0.05, 0) is 47.5 Å². The Bertz CT molecular complexity index is 1350. The Hall–Kier alpha value is -3.55. The van der Waals surface area contributed by atoms with Gasteiger partial charge in [-0.2, -0.15) is 15.3 Å². The maximum Gasteiger partial charge on any atom is 0.116 e. The number of H-pyrrole nitrogens is 2. The van der Waals surface area contributed by atoms with Crippen molar-refractivity contribution in [3.63, 3.8) is 0 Å². The molecule has 1 aliphatic rings. The average molecular weight is 410 g/mol. The molecule has 0 radical (unpaired) electrons. The summed E-state index contributed by atoms with van der Waals surface area (Å²) in [5.74, 6) is 0. The fourth-order valence-electron chi connectivity index (χ4n) is 4.29. The van der Waals surface area contributed by atoms with Crippen molar-refractivity contribution in [2.75, 3.05) is 26.3 Å². The van der Waals surface area contributed by atoms with E-state index in [1.165, 1.54) is 10.9 Å². The zero-order valence-electron chi connectivity index (χ0n) is 17.0. The van der Waals surface area contributed by atoms with Crippen molar-refractivity contribution in [1.29, 1.82) is 0 Å². The van der Waals surface area contributed by atoms with Gasteiger partial charge in [-0.3, -0.25) is 10.00 Å². The molecule has 154 valence electrons. The second kappa shape index (κ2) is 7.61. The molecule has 0 amide bonds. The van der Waals surface area contributed by atoms with Crippen LogP contribution in [0.1, 0.15) is 5.56 Å². The summed E-state index contributed by atoms with van der Waals surface area (Å²) < 4.78 is 5.46. The van der Waals surface area contributed by atoms with Crippen molar-refractivity contribution in [3.8, 4) is 22.5 Å². The monoisotopic (exact) mass is 410 g/mol. The molecule has 2 aromatic carbocycles. The standard InChI is InChI=1S/C24H22N6O/c1-3-21-19(11-16(1)15-30-7-9-31-10-8-30)13-23(27-21)24-20-12-17(2-4-22(20)28-29-24)18-5-6-25-26-14-18/h1-6,11-14,27H,7-10,15H2,(H,28,29). The molecule has 0 atom stereocenters. The lowest BCUT2D eigenvalue weighted by Gasteiger charge is -2.26. The van der Waals surface area contributed by atoms with Gasteiger partial charge in [0.2, 0.25) is 0 Å². The molecule has 0 bridgehead atoms. The summed E-state index contributed by atoms with van der Waals surface area (Å²) in [6.45, 7) is 4.57. The third-order valence-electron chi connectivity index (χ3n) is 5.93. The number of fused-ring (bicyclic) bond motifs is 2. The van der Waals surface area contributed by atoms with E-state index < -0.39 is 0 Å². The molecule has 3 aromatic heterocycles. The first-order valence-corrected chi connectivity index (χ1v) is 10.5. The molecule has 1 aliphatic heterocycles. The Morgan fingerprint density at radius 3 is 2.68 bits per heavy atom. The van der Waals surface area contributed by atoms with Crippen LogP contribution in [-0.2, 0) is 11.3 Å². The Balaban J connectivity index is 1.36. The Morgan fingerprint density at radius 2 is 1.81 bits per heavy atom. The maximum atomic E-state index is 5.46. The summed E-state index contributed by atoms with van der Waals surface area (Å²) in [5.41, 5.74) is 7.50. The van der Waals surface area contributed by atoms with Crippen LogP contribution in [0.4, 0.5) is 0 Å². The van der Waals surface area contributed by atoms with Crippen molar-refractivity contribution in [3.05, 3.63) is 66.5 Å². The van der Waals surface area contributed by atoms with E-state index in [-0.39, 0.29) is 0 Å². The molecular weight excluding hydrogens is 388 g/mol. The molecule has 4 heterocycles. The van der Waals surface area contributed by atoms with Gasteiger partial charge in [-0.1, -0.05) is 12.1 Å². The smallest absolute Gasteiger partial charge is 0.116 e. The summed E-state index contributed by atoms with van der Waals surface area (Å²) in [6, 6.07) is 17.1. The van der Waals surface area contributed by atoms with Crippen molar-refractivity contribution >= 4 is 21.8 Å². The van der Waals surface area contributed by atoms with Crippen molar-refractivity contribution in [1.82, 2.24) is 30.3 Å². The number of nitrogens with one attached hydrogen (secondary N) is 2. The fraction of sp³-hybridized carbons (Fsp3) is 0.208. The molecule has 2 N–H and O–H groups in total. The molecule has 0 saturated carbocycles. The molecule has 1 saturated heterocycles. The zero-order chi connectivity index (χ0) is 20.6. The Labute approximate surface area is 179 Å². The van der Waals surface area contributed by atoms with Crippen molar-refractivity contribution in [2.24, 2.45) is 0 Å². The van der Waals surface area contributed by atoms with Crippen LogP contribution in [-0.4, -0.2) is 56.6 Å². The van der Waals surface area contributed by atoms with Gasteiger partial charge in [-0.25, -0.2) is 0 Å². The Morgan fingerprint density at radius 1 is 0.903 bits per heavy atom. The highest BCUT2D eigenvalue weighted by Crippen LogP contribution is 2.32. The normalized spacial score (nSPS) is 15.1. The summed E-state index contributed by atoms with van der Waals surface area (Å²) in [5, 5.41) is 17.9. The van der Waals surface area contributed by atoms with Gasteiger partial charge < -0.3 is 9.72 Å². The molecule has 0 aliphatic carbocycles. The quantitative estimate of drug-likeness (QED) is 0.468. The summed E-state index contributed by atoms with van der Waals surface area (Å²) in [4.78, 5) is 5.98. The predicted octanol–water partition coefficient (Wildman–Crippen LogP) is 4.00. The third kappa shape index (κ3) is 3.48. The molecule has 7 heteroatoms. The number of hydrogen-bond acceptors (Lipinski definition) is 5. The molecule has 1 fully saturated rings. The van der Waals surface area contributed by atoms with Crippen LogP contribution >= 0.6 is 0 Å². The van der Waals surface area contributed by atoms with Crippen LogP contribution in [0.15, 0.2) is 60.9 Å². The van der Waals surface area contributed by atoms with Gasteiger partial charge in [0.25, 0.3) is 0 Å². The molecule has 7 nitrogen and oxygen atoms in total. The molecule has 0 unspecified atom stereocenters. The number of hydrogen-bond donors (Lipinski definition) is 2. The van der Waals surface area contributed by atoms with E-state index in [1.54, 1.807) is 12.4 Å². The van der Waals surface area contributed by atoms with Crippen LogP contribution < -0.4 is 0 Å². The van der Waals surface area contributed by atoms with Gasteiger partial charge in [0, 0.05) is 41.5 Å². The predicted molar refractivity (Wildman–Crippen MR) is 121 cm³/mol. The zero-order valence-corrected chi connectivity index (χ0v) is 17.0. The van der Waals surface area contributed by atoms with Gasteiger partial charge >= 0.3 is 0 Å². The highest BCUT2D eigenvalue weighted by molar-refractivity contribution is 5.97. The molecular formula is C24H22N6O. The van der Waals surface area contributed by atoms with Crippen LogP contribution in [0.5, 0.6) is 0 Å². The van der Waals surface area contributed by atoms with Gasteiger partial charge in [0.15, 0.2) is 0 Å². The van der Waals surface area contributed by atoms with Crippen LogP contribution in [0, 0.1) is 0 Å². The van der Waals surface area contributed by atoms with Crippen LogP contribution in [0.2, 0.25) is 0 Å². The topological polar surface area (TPSA) is 82.7 Å². The minimum atomic E-state index is 0.820. The number of nitrogens with zero attached hydrogens (tertiary/aromatic N) is 4. The van der Waals surface area contributed by atoms with Crippen molar-refractivity contribution in [2.45, 2.75) is 6.54 Å². The summed E-state index contributed by atoms with van der Waals surface area (Å²) in [6.07, 6.45) is 3.49. The first-order chi connectivity index (χ1) is 15.3. The van der Waals surface area contributed by atoms with Crippen molar-refractivity contribution < 1.29 is 4.74 Å². The second-order valence-corrected chi connectivity index (χ2v) is 7.96. The molecule has 5 aromatic rings. The first-order valence-electron chi connectivity index (χ1n) is 10.5. The van der Waals surface area contributed by atoms with E-state index in [0.29, 0.717) is 0 Å². The Kier molecular flexibility index (Phi) is 4.48. The molecule has 0 spiro atoms. The highest BCUT2D eigenvalue weighted by atomic mass is 16.5. The number of rotatable bonds is 4. The molecule has 31 heavy (non-hydrogen) atoms. The number of benzene rings is 2. The lowest BCUT2D eigenvalue weighted by molar-refractivity contribution is 0.0342. The van der Waals surface area contributed by atoms with E-state index in [2.05, 4.69) is 72.7 Å². The number of ether oxygens (including phenoxy) is 1. The third-order valence-corrected chi connectivity index (χ3v) is 5.93. The average Bonchev–Trinajstić information content (AvgIpc) is 3.43. The fourth-order valence-corrected chi connectivity index (χ4v) is 4.29. The van der Waals surface area contributed by atoms with Gasteiger partial charge in [0.05, 0.1) is 36.8 Å². The van der Waals surface area contributed by atoms with Crippen LogP contribution in [0.3, 0.4) is 0 Å². The van der Waals surface area contributed by atoms with Crippen LogP contribution in [0.25, 0.3) is 44.3 Å². The maximum absolute atomic E-state index is 5.46. The lowest BCUT2D eigenvalue weighted by atomic mass is 10.0. The summed E-state index contributed by atoms with van der Waals surface area (Å²) >= 11 is 0. The van der Waals surface area contributed by atoms with Gasteiger partial charge in [0.1, 0.15) is 5.69 Å². The molecule has 6 rings (SSSR count). The highest BCUT2D eigenvalue weighted by Gasteiger charge is 2.14. The van der Waals surface area contributed by atoms with E-state index in [4.69, 9.17) is 4.74 Å². The lowest BCUT2D eigenvalue weighted by Crippen LogP contribution is -2.35. The largest absolute Gasteiger partial charge is 0.379 e. The van der Waals surface area contributed by atoms with Gasteiger partial charge in [-0.15, -0.1) is 0 Å². The SMILES string of the molecule is c1cc(-c2ccc3[nH]nc(-c4cc5cc(CN6CCOCC6)ccc5[nH]4)c3c2)cnn1. The number of aromatic nitrogens is 5. The number of morpholine rings is 1. The van der Waals surface area contributed by atoms with E-state index in [9.17, 15) is 0 Å². The minimum Gasteiger partial charge on any atom is -0.379 e. The van der Waals surface area contributed by atoms with E-state index >= 15 is 0 Å². The minimum absolute atomic E-state index is 0.820. The first kappa shape index (κ1) is 18.2. The summed E-state index contributed by atoms with van der Waals surface area (Å²) in [7, 11) is 0. The van der Waals surface area contributed by atoms with E-state index in [0.717, 1.165) is 71.8 Å². The number of aromatic amines is 2. The van der Waals surface area contributed by atoms with E-state index in [1.807, 2.05) is 6.07 Å². The second-order valence-electron chi connectivity index (χ2n) is 7.96.